The number of fused-ring (bicyclic) bond motifs is 1. The van der Waals surface area contributed by atoms with Crippen LogP contribution in [0, 0.1) is 5.82 Å². The van der Waals surface area contributed by atoms with Crippen LogP contribution in [0.2, 0.25) is 5.02 Å². The van der Waals surface area contributed by atoms with E-state index in [1.54, 1.807) is 12.1 Å². The van der Waals surface area contributed by atoms with E-state index in [1.807, 2.05) is 13.0 Å². The Morgan fingerprint density at radius 1 is 1.17 bits per heavy atom. The van der Waals surface area contributed by atoms with Gasteiger partial charge in [0.1, 0.15) is 11.6 Å². The Balaban J connectivity index is 1.62. The molecule has 1 fully saturated rings. The number of hydrogen-bond acceptors (Lipinski definition) is 2. The van der Waals surface area contributed by atoms with E-state index in [-0.39, 0.29) is 31.5 Å². The van der Waals surface area contributed by atoms with E-state index in [2.05, 4.69) is 0 Å². The Bertz CT molecular complexity index is 1080. The summed E-state index contributed by atoms with van der Waals surface area (Å²) in [6, 6.07) is 9.45. The minimum absolute atomic E-state index is 0.0399. The number of carbonyl (C=O) groups is 1. The molecule has 1 amide bonds. The second-order valence-corrected chi connectivity index (χ2v) is 7.69. The summed E-state index contributed by atoms with van der Waals surface area (Å²) in [5.74, 6) is -2.98. The van der Waals surface area contributed by atoms with E-state index in [1.165, 1.54) is 17.0 Å². The number of hydrogen-bond donors (Lipinski definition) is 0. The van der Waals surface area contributed by atoms with E-state index in [9.17, 15) is 18.0 Å². The molecule has 3 nitrogen and oxygen atoms in total. The van der Waals surface area contributed by atoms with E-state index in [4.69, 9.17) is 16.0 Å². The number of carbonyl (C=O) groups excluding carboxylic acids is 1. The largest absolute Gasteiger partial charge is 0.460 e. The van der Waals surface area contributed by atoms with Gasteiger partial charge in [0, 0.05) is 48.9 Å². The fourth-order valence-corrected chi connectivity index (χ4v) is 3.86. The third-order valence-electron chi connectivity index (χ3n) is 5.28. The Kier molecular flexibility index (Phi) is 5.07. The van der Waals surface area contributed by atoms with E-state index >= 15 is 0 Å². The van der Waals surface area contributed by atoms with Crippen LogP contribution in [0.4, 0.5) is 13.2 Å². The van der Waals surface area contributed by atoms with Gasteiger partial charge in [-0.2, -0.15) is 0 Å². The first kappa shape index (κ1) is 19.8. The lowest BCUT2D eigenvalue weighted by Crippen LogP contribution is -2.42. The molecular weight excluding hydrogens is 403 g/mol. The fourth-order valence-electron chi connectivity index (χ4n) is 3.60. The molecule has 2 aromatic carbocycles. The highest BCUT2D eigenvalue weighted by atomic mass is 35.5. The number of likely N-dealkylation sites (tertiary alicyclic amines) is 1. The minimum atomic E-state index is -2.74. The number of alkyl halides is 2. The Morgan fingerprint density at radius 3 is 2.55 bits per heavy atom. The normalized spacial score (nSPS) is 16.4. The van der Waals surface area contributed by atoms with Crippen LogP contribution in [0.1, 0.15) is 35.9 Å². The monoisotopic (exact) mass is 421 g/mol. The molecule has 0 radical (unpaired) electrons. The first-order valence-electron chi connectivity index (χ1n) is 9.46. The second kappa shape index (κ2) is 7.41. The molecule has 0 atom stereocenters. The maximum atomic E-state index is 14.8. The van der Waals surface area contributed by atoms with E-state index in [0.717, 1.165) is 17.2 Å². The molecular formula is C22H19ClF3NO2. The molecule has 152 valence electrons. The van der Waals surface area contributed by atoms with Crippen LogP contribution in [0.25, 0.3) is 22.1 Å². The summed E-state index contributed by atoms with van der Waals surface area (Å²) in [5.41, 5.74) is 1.57. The quantitative estimate of drug-likeness (QED) is 0.495. The summed E-state index contributed by atoms with van der Waals surface area (Å²) in [4.78, 5) is 13.9. The molecule has 1 aromatic heterocycles. The Labute approximate surface area is 171 Å². The molecule has 0 saturated carbocycles. The average molecular weight is 422 g/mol. The third-order valence-corrected chi connectivity index (χ3v) is 5.56. The number of aryl methyl sites for hydroxylation is 1. The van der Waals surface area contributed by atoms with Crippen molar-refractivity contribution in [2.24, 2.45) is 0 Å². The van der Waals surface area contributed by atoms with Crippen LogP contribution in [0.15, 0.2) is 40.8 Å². The zero-order chi connectivity index (χ0) is 20.8. The van der Waals surface area contributed by atoms with Crippen molar-refractivity contribution in [2.45, 2.75) is 32.1 Å². The SMILES string of the molecule is CCc1cc2cc(-c3ccc(C(=O)N4CCC(F)(F)CC4)cc3F)cc(Cl)c2o1. The van der Waals surface area contributed by atoms with Crippen molar-refractivity contribution >= 4 is 28.5 Å². The fraction of sp³-hybridized carbons (Fsp3) is 0.318. The molecule has 1 aliphatic heterocycles. The number of rotatable bonds is 3. The summed E-state index contributed by atoms with van der Waals surface area (Å²) < 4.78 is 47.1. The maximum absolute atomic E-state index is 14.8. The maximum Gasteiger partial charge on any atom is 0.253 e. The van der Waals surface area contributed by atoms with Gasteiger partial charge in [-0.05, 0) is 35.9 Å². The molecule has 3 aromatic rings. The van der Waals surface area contributed by atoms with Crippen molar-refractivity contribution in [1.29, 1.82) is 0 Å². The first-order valence-corrected chi connectivity index (χ1v) is 9.84. The van der Waals surface area contributed by atoms with Crippen molar-refractivity contribution in [3.8, 4) is 11.1 Å². The molecule has 1 saturated heterocycles. The standard InChI is InChI=1S/C22H19ClF3NO2/c1-2-16-10-15-9-14(11-18(23)20(15)29-16)17-4-3-13(12-19(17)24)21(28)27-7-5-22(25,26)6-8-27/h3-4,9-12H,2,5-8H2,1H3. The zero-order valence-corrected chi connectivity index (χ0v) is 16.5. The zero-order valence-electron chi connectivity index (χ0n) is 15.8. The van der Waals surface area contributed by atoms with E-state index < -0.39 is 17.6 Å². The van der Waals surface area contributed by atoms with Gasteiger partial charge < -0.3 is 9.32 Å². The lowest BCUT2D eigenvalue weighted by atomic mass is 10.0. The highest BCUT2D eigenvalue weighted by Crippen LogP contribution is 2.34. The van der Waals surface area contributed by atoms with Crippen molar-refractivity contribution in [1.82, 2.24) is 4.90 Å². The van der Waals surface area contributed by atoms with Gasteiger partial charge in [0.05, 0.1) is 5.02 Å². The molecule has 29 heavy (non-hydrogen) atoms. The first-order chi connectivity index (χ1) is 13.8. The van der Waals surface area contributed by atoms with Gasteiger partial charge in [-0.15, -0.1) is 0 Å². The molecule has 7 heteroatoms. The number of piperidine rings is 1. The van der Waals surface area contributed by atoms with Crippen molar-refractivity contribution < 1.29 is 22.4 Å². The number of nitrogens with zero attached hydrogens (tertiary/aromatic N) is 1. The molecule has 4 rings (SSSR count). The van der Waals surface area contributed by atoms with Crippen LogP contribution in [-0.4, -0.2) is 29.8 Å². The number of benzene rings is 2. The van der Waals surface area contributed by atoms with Gasteiger partial charge in [0.2, 0.25) is 0 Å². The Morgan fingerprint density at radius 2 is 1.90 bits per heavy atom. The average Bonchev–Trinajstić information content (AvgIpc) is 3.11. The lowest BCUT2D eigenvalue weighted by Gasteiger charge is -2.31. The number of halogens is 4. The third kappa shape index (κ3) is 3.86. The molecule has 1 aliphatic rings. The van der Waals surface area contributed by atoms with Gasteiger partial charge in [0.15, 0.2) is 5.58 Å². The predicted molar refractivity (Wildman–Crippen MR) is 106 cm³/mol. The van der Waals surface area contributed by atoms with Gasteiger partial charge in [-0.25, -0.2) is 13.2 Å². The second-order valence-electron chi connectivity index (χ2n) is 7.29. The number of amides is 1. The highest BCUT2D eigenvalue weighted by Gasteiger charge is 2.35. The molecule has 0 aliphatic carbocycles. The van der Waals surface area contributed by atoms with Crippen LogP contribution < -0.4 is 0 Å². The van der Waals surface area contributed by atoms with Crippen molar-refractivity contribution in [2.75, 3.05) is 13.1 Å². The summed E-state index contributed by atoms with van der Waals surface area (Å²) in [5, 5.41) is 1.16. The van der Waals surface area contributed by atoms with Crippen LogP contribution in [0.3, 0.4) is 0 Å². The molecule has 0 N–H and O–H groups in total. The molecule has 0 unspecified atom stereocenters. The van der Waals surface area contributed by atoms with Crippen LogP contribution >= 0.6 is 11.6 Å². The van der Waals surface area contributed by atoms with Gasteiger partial charge >= 0.3 is 0 Å². The van der Waals surface area contributed by atoms with Gasteiger partial charge in [-0.1, -0.05) is 24.6 Å². The smallest absolute Gasteiger partial charge is 0.253 e. The summed E-state index contributed by atoms with van der Waals surface area (Å²) in [7, 11) is 0. The van der Waals surface area contributed by atoms with Gasteiger partial charge in [-0.3, -0.25) is 4.79 Å². The van der Waals surface area contributed by atoms with Crippen LogP contribution in [0.5, 0.6) is 0 Å². The minimum Gasteiger partial charge on any atom is -0.460 e. The number of furan rings is 1. The summed E-state index contributed by atoms with van der Waals surface area (Å²) >= 11 is 6.30. The van der Waals surface area contributed by atoms with Crippen molar-refractivity contribution in [3.63, 3.8) is 0 Å². The highest BCUT2D eigenvalue weighted by molar-refractivity contribution is 6.35. The Hall–Kier alpha value is -2.47. The van der Waals surface area contributed by atoms with Gasteiger partial charge in [0.25, 0.3) is 11.8 Å². The summed E-state index contributed by atoms with van der Waals surface area (Å²) in [6.07, 6.45) is -0.0293. The van der Waals surface area contributed by atoms with Crippen LogP contribution in [-0.2, 0) is 6.42 Å². The summed E-state index contributed by atoms with van der Waals surface area (Å²) in [6.45, 7) is 1.88. The molecule has 2 heterocycles. The van der Waals surface area contributed by atoms with Crippen molar-refractivity contribution in [3.05, 3.63) is 58.6 Å². The van der Waals surface area contributed by atoms with E-state index in [0.29, 0.717) is 28.2 Å². The molecule has 0 spiro atoms. The predicted octanol–water partition coefficient (Wildman–Crippen LogP) is 6.33. The topological polar surface area (TPSA) is 33.5 Å². The molecule has 0 bridgehead atoms. The lowest BCUT2D eigenvalue weighted by molar-refractivity contribution is -0.0494.